The summed E-state index contributed by atoms with van der Waals surface area (Å²) in [4.78, 5) is 0. The second-order valence-corrected chi connectivity index (χ2v) is 4.66. The molecule has 4 nitrogen and oxygen atoms in total. The predicted molar refractivity (Wildman–Crippen MR) is 78.0 cm³/mol. The number of nitriles is 1. The first-order valence-corrected chi connectivity index (χ1v) is 7.06. The van der Waals surface area contributed by atoms with Crippen molar-refractivity contribution in [3.05, 3.63) is 23.8 Å². The molecule has 1 rings (SSSR count). The Balaban J connectivity index is 2.96. The molecule has 2 atom stereocenters. The molecule has 1 aromatic carbocycles. The van der Waals surface area contributed by atoms with Crippen LogP contribution in [-0.4, -0.2) is 24.9 Å². The fourth-order valence-electron chi connectivity index (χ4n) is 2.12. The van der Waals surface area contributed by atoms with Gasteiger partial charge in [-0.05, 0) is 31.0 Å². The molecule has 0 spiro atoms. The number of aliphatic hydroxyl groups is 1. The van der Waals surface area contributed by atoms with Gasteiger partial charge < -0.3 is 14.6 Å². The molecule has 0 amide bonds. The minimum atomic E-state index is -0.650. The van der Waals surface area contributed by atoms with E-state index in [1.54, 1.807) is 19.2 Å². The summed E-state index contributed by atoms with van der Waals surface area (Å²) in [6.07, 6.45) is 1.89. The lowest BCUT2D eigenvalue weighted by molar-refractivity contribution is 0.148. The Morgan fingerprint density at radius 1 is 1.30 bits per heavy atom. The van der Waals surface area contributed by atoms with Gasteiger partial charge >= 0.3 is 0 Å². The van der Waals surface area contributed by atoms with Gasteiger partial charge in [0.1, 0.15) is 0 Å². The first-order chi connectivity index (χ1) is 9.67. The average Bonchev–Trinajstić information content (AvgIpc) is 2.47. The second kappa shape index (κ2) is 8.44. The molecule has 0 saturated carbocycles. The summed E-state index contributed by atoms with van der Waals surface area (Å²) in [6, 6.07) is 7.56. The topological polar surface area (TPSA) is 62.5 Å². The van der Waals surface area contributed by atoms with Crippen LogP contribution in [0.25, 0.3) is 0 Å². The van der Waals surface area contributed by atoms with Gasteiger partial charge in [0.25, 0.3) is 0 Å². The zero-order valence-electron chi connectivity index (χ0n) is 12.4. The van der Waals surface area contributed by atoms with Crippen molar-refractivity contribution < 1.29 is 14.6 Å². The molecule has 0 aliphatic rings. The molecule has 110 valence electrons. The maximum Gasteiger partial charge on any atom is 0.161 e. The summed E-state index contributed by atoms with van der Waals surface area (Å²) in [6.45, 7) is 4.52. The number of hydrogen-bond acceptors (Lipinski definition) is 4. The summed E-state index contributed by atoms with van der Waals surface area (Å²) < 4.78 is 10.7. The normalized spacial score (nSPS) is 13.3. The third kappa shape index (κ3) is 4.14. The van der Waals surface area contributed by atoms with Gasteiger partial charge in [-0.2, -0.15) is 5.26 Å². The smallest absolute Gasteiger partial charge is 0.161 e. The molecule has 1 N–H and O–H groups in total. The number of methoxy groups -OCH3 is 1. The highest BCUT2D eigenvalue weighted by Crippen LogP contribution is 2.32. The van der Waals surface area contributed by atoms with Gasteiger partial charge in [-0.25, -0.2) is 0 Å². The van der Waals surface area contributed by atoms with Crippen molar-refractivity contribution in [3.63, 3.8) is 0 Å². The molecular weight excluding hydrogens is 254 g/mol. The number of ether oxygens (including phenoxy) is 2. The minimum absolute atomic E-state index is 0.536. The van der Waals surface area contributed by atoms with Gasteiger partial charge in [-0.3, -0.25) is 0 Å². The predicted octanol–water partition coefficient (Wildman–Crippen LogP) is 3.25. The number of aliphatic hydroxyl groups excluding tert-OH is 1. The summed E-state index contributed by atoms with van der Waals surface area (Å²) in [5.41, 5.74) is 0.761. The summed E-state index contributed by atoms with van der Waals surface area (Å²) in [5, 5.41) is 19.4. The van der Waals surface area contributed by atoms with Crippen molar-refractivity contribution in [2.45, 2.75) is 45.1 Å². The van der Waals surface area contributed by atoms with Crippen molar-refractivity contribution in [3.8, 4) is 17.6 Å². The van der Waals surface area contributed by atoms with Crippen molar-refractivity contribution in [1.29, 1.82) is 5.26 Å². The van der Waals surface area contributed by atoms with Crippen LogP contribution in [0.15, 0.2) is 18.2 Å². The van der Waals surface area contributed by atoms with Crippen LogP contribution in [0.4, 0.5) is 0 Å². The Labute approximate surface area is 120 Å². The van der Waals surface area contributed by atoms with Crippen molar-refractivity contribution in [1.82, 2.24) is 0 Å². The third-order valence-corrected chi connectivity index (χ3v) is 3.22. The Morgan fingerprint density at radius 3 is 2.60 bits per heavy atom. The van der Waals surface area contributed by atoms with Gasteiger partial charge in [0, 0.05) is 0 Å². The van der Waals surface area contributed by atoms with Gasteiger partial charge in [0.15, 0.2) is 11.5 Å². The van der Waals surface area contributed by atoms with E-state index in [1.165, 1.54) is 0 Å². The van der Waals surface area contributed by atoms with Crippen LogP contribution in [0.1, 0.15) is 44.6 Å². The van der Waals surface area contributed by atoms with Crippen LogP contribution in [-0.2, 0) is 0 Å². The lowest BCUT2D eigenvalue weighted by Gasteiger charge is -2.18. The Bertz CT molecular complexity index is 454. The van der Waals surface area contributed by atoms with E-state index < -0.39 is 12.0 Å². The maximum atomic E-state index is 10.1. The number of hydrogen-bond donors (Lipinski definition) is 1. The molecule has 0 heterocycles. The lowest BCUT2D eigenvalue weighted by atomic mass is 9.91. The van der Waals surface area contributed by atoms with E-state index in [4.69, 9.17) is 9.47 Å². The molecule has 2 unspecified atom stereocenters. The molecule has 0 saturated heterocycles. The molecule has 0 radical (unpaired) electrons. The van der Waals surface area contributed by atoms with Crippen LogP contribution in [0.5, 0.6) is 11.5 Å². The van der Waals surface area contributed by atoms with E-state index in [0.717, 1.165) is 18.4 Å². The van der Waals surface area contributed by atoms with E-state index in [2.05, 4.69) is 13.0 Å². The first-order valence-electron chi connectivity index (χ1n) is 7.06. The zero-order valence-corrected chi connectivity index (χ0v) is 12.4. The summed E-state index contributed by atoms with van der Waals surface area (Å²) in [5.74, 6) is 0.705. The highest BCUT2D eigenvalue weighted by Gasteiger charge is 2.21. The van der Waals surface area contributed by atoms with Gasteiger partial charge in [0.05, 0.1) is 31.8 Å². The number of unbranched alkanes of at least 4 members (excludes halogenated alkanes) is 1. The molecule has 0 fully saturated rings. The molecule has 1 aromatic rings. The zero-order chi connectivity index (χ0) is 15.0. The quantitative estimate of drug-likeness (QED) is 0.792. The fraction of sp³-hybridized carbons (Fsp3) is 0.562. The van der Waals surface area contributed by atoms with E-state index in [9.17, 15) is 10.4 Å². The lowest BCUT2D eigenvalue weighted by Crippen LogP contribution is -2.17. The van der Waals surface area contributed by atoms with E-state index in [-0.39, 0.29) is 0 Å². The molecular formula is C16H23NO3. The van der Waals surface area contributed by atoms with Gasteiger partial charge in [-0.15, -0.1) is 0 Å². The molecule has 0 aliphatic heterocycles. The summed E-state index contributed by atoms with van der Waals surface area (Å²) in [7, 11) is 1.57. The van der Waals surface area contributed by atoms with Crippen molar-refractivity contribution in [2.24, 2.45) is 0 Å². The van der Waals surface area contributed by atoms with Crippen molar-refractivity contribution in [2.75, 3.05) is 13.7 Å². The van der Waals surface area contributed by atoms with E-state index >= 15 is 0 Å². The molecule has 4 heteroatoms. The van der Waals surface area contributed by atoms with Crippen LogP contribution < -0.4 is 9.47 Å². The minimum Gasteiger partial charge on any atom is -0.493 e. The van der Waals surface area contributed by atoms with Gasteiger partial charge in [-0.1, -0.05) is 25.8 Å². The molecule has 0 aliphatic carbocycles. The molecule has 0 aromatic heterocycles. The van der Waals surface area contributed by atoms with Crippen LogP contribution >= 0.6 is 0 Å². The van der Waals surface area contributed by atoms with Crippen molar-refractivity contribution >= 4 is 0 Å². The fourth-order valence-corrected chi connectivity index (χ4v) is 2.12. The SMILES string of the molecule is CCCCC(O)C(C#N)c1ccc(OCC)c(OC)c1. The van der Waals surface area contributed by atoms with Crippen LogP contribution in [0.2, 0.25) is 0 Å². The van der Waals surface area contributed by atoms with Crippen LogP contribution in [0, 0.1) is 11.3 Å². The Morgan fingerprint density at radius 2 is 2.05 bits per heavy atom. The maximum absolute atomic E-state index is 10.1. The number of rotatable bonds is 8. The van der Waals surface area contributed by atoms with Crippen LogP contribution in [0.3, 0.4) is 0 Å². The number of benzene rings is 1. The third-order valence-electron chi connectivity index (χ3n) is 3.22. The largest absolute Gasteiger partial charge is 0.493 e. The standard InChI is InChI=1S/C16H23NO3/c1-4-6-7-14(18)13(11-17)12-8-9-15(20-5-2)16(10-12)19-3/h8-10,13-14,18H,4-7H2,1-3H3. The first kappa shape index (κ1) is 16.3. The van der Waals surface area contributed by atoms with E-state index in [0.29, 0.717) is 24.5 Å². The number of nitrogens with zero attached hydrogens (tertiary/aromatic N) is 1. The molecule has 0 bridgehead atoms. The van der Waals surface area contributed by atoms with Gasteiger partial charge in [0.2, 0.25) is 0 Å². The summed E-state index contributed by atoms with van der Waals surface area (Å²) >= 11 is 0. The highest BCUT2D eigenvalue weighted by atomic mass is 16.5. The average molecular weight is 277 g/mol. The monoisotopic (exact) mass is 277 g/mol. The second-order valence-electron chi connectivity index (χ2n) is 4.66. The molecule has 20 heavy (non-hydrogen) atoms. The Kier molecular flexibility index (Phi) is 6.89. The highest BCUT2D eigenvalue weighted by molar-refractivity contribution is 5.45. The Hall–Kier alpha value is -1.73. The van der Waals surface area contributed by atoms with E-state index in [1.807, 2.05) is 13.0 Å².